The van der Waals surface area contributed by atoms with Crippen LogP contribution in [0.2, 0.25) is 0 Å². The number of aliphatic hydroxyl groups excluding tert-OH is 1. The van der Waals surface area contributed by atoms with Crippen LogP contribution in [0.3, 0.4) is 0 Å². The van der Waals surface area contributed by atoms with Crippen LogP contribution in [0.25, 0.3) is 0 Å². The van der Waals surface area contributed by atoms with Gasteiger partial charge in [0, 0.05) is 13.6 Å². The highest BCUT2D eigenvalue weighted by Gasteiger charge is 2.24. The molecule has 0 unspecified atom stereocenters. The zero-order valence-electron chi connectivity index (χ0n) is 12.6. The van der Waals surface area contributed by atoms with E-state index in [1.165, 1.54) is 17.7 Å². The Balaban J connectivity index is 1.81. The zero-order valence-corrected chi connectivity index (χ0v) is 12.6. The number of nitrogens with zero attached hydrogens (tertiary/aromatic N) is 2. The number of hydrogen-bond acceptors (Lipinski definition) is 4. The fraction of sp³-hybridized carbons (Fsp3) is 0.562. The van der Waals surface area contributed by atoms with E-state index >= 15 is 0 Å². The third-order valence-corrected chi connectivity index (χ3v) is 3.92. The number of likely N-dealkylation sites (N-methyl/N-ethyl adjacent to an activating group) is 1. The summed E-state index contributed by atoms with van der Waals surface area (Å²) in [5, 5.41) is 9.51. The van der Waals surface area contributed by atoms with E-state index in [0.29, 0.717) is 6.54 Å². The van der Waals surface area contributed by atoms with Gasteiger partial charge in [-0.05, 0) is 31.5 Å². The first kappa shape index (κ1) is 15.8. The standard InChI is InChI=1S/C16H24N2O3/c1-17(15(12-19)11-18-9-5-6-10-18)16(20)21-13-14-7-3-2-4-8-14/h2-4,7-8,15,19H,5-6,9-13H2,1H3/t15-/m0/s1. The molecule has 1 saturated heterocycles. The molecule has 0 aliphatic carbocycles. The van der Waals surface area contributed by atoms with Gasteiger partial charge >= 0.3 is 6.09 Å². The Morgan fingerprint density at radius 3 is 2.62 bits per heavy atom. The first-order valence-corrected chi connectivity index (χ1v) is 7.47. The molecule has 0 saturated carbocycles. The number of aliphatic hydroxyl groups is 1. The van der Waals surface area contributed by atoms with Crippen molar-refractivity contribution in [2.75, 3.05) is 33.3 Å². The second kappa shape index (κ2) is 8.00. The fourth-order valence-corrected chi connectivity index (χ4v) is 2.54. The maximum absolute atomic E-state index is 12.1. The zero-order chi connectivity index (χ0) is 15.1. The van der Waals surface area contributed by atoms with Crippen molar-refractivity contribution in [1.29, 1.82) is 0 Å². The van der Waals surface area contributed by atoms with E-state index in [-0.39, 0.29) is 19.3 Å². The molecule has 2 rings (SSSR count). The van der Waals surface area contributed by atoms with Crippen LogP contribution in [0.15, 0.2) is 30.3 Å². The number of hydrogen-bond donors (Lipinski definition) is 1. The second-order valence-corrected chi connectivity index (χ2v) is 5.50. The molecular formula is C16H24N2O3. The average Bonchev–Trinajstić information content (AvgIpc) is 3.03. The quantitative estimate of drug-likeness (QED) is 0.867. The lowest BCUT2D eigenvalue weighted by Crippen LogP contribution is -2.46. The van der Waals surface area contributed by atoms with E-state index in [2.05, 4.69) is 4.90 Å². The van der Waals surface area contributed by atoms with Crippen LogP contribution in [-0.2, 0) is 11.3 Å². The molecule has 21 heavy (non-hydrogen) atoms. The highest BCUT2D eigenvalue weighted by Crippen LogP contribution is 2.11. The minimum atomic E-state index is -0.392. The lowest BCUT2D eigenvalue weighted by molar-refractivity contribution is 0.0660. The van der Waals surface area contributed by atoms with E-state index in [4.69, 9.17) is 4.74 Å². The molecule has 1 aromatic rings. The van der Waals surface area contributed by atoms with Gasteiger partial charge in [-0.1, -0.05) is 30.3 Å². The Kier molecular flexibility index (Phi) is 6.02. The number of amides is 1. The minimum Gasteiger partial charge on any atom is -0.445 e. The molecule has 1 heterocycles. The van der Waals surface area contributed by atoms with Gasteiger partial charge in [-0.3, -0.25) is 0 Å². The number of rotatable bonds is 6. The van der Waals surface area contributed by atoms with Crippen LogP contribution >= 0.6 is 0 Å². The Hall–Kier alpha value is -1.59. The molecule has 0 spiro atoms. The lowest BCUT2D eigenvalue weighted by atomic mass is 10.2. The highest BCUT2D eigenvalue weighted by atomic mass is 16.6. The van der Waals surface area contributed by atoms with Crippen molar-refractivity contribution in [2.45, 2.75) is 25.5 Å². The molecule has 0 bridgehead atoms. The Morgan fingerprint density at radius 2 is 2.00 bits per heavy atom. The molecule has 5 heteroatoms. The van der Waals surface area contributed by atoms with Crippen molar-refractivity contribution in [3.05, 3.63) is 35.9 Å². The first-order valence-electron chi connectivity index (χ1n) is 7.47. The van der Waals surface area contributed by atoms with Crippen LogP contribution in [0, 0.1) is 0 Å². The van der Waals surface area contributed by atoms with Gasteiger partial charge in [0.1, 0.15) is 6.61 Å². The summed E-state index contributed by atoms with van der Waals surface area (Å²) in [6.07, 6.45) is 2.00. The van der Waals surface area contributed by atoms with E-state index in [9.17, 15) is 9.90 Å². The smallest absolute Gasteiger partial charge is 0.410 e. The van der Waals surface area contributed by atoms with Crippen molar-refractivity contribution < 1.29 is 14.6 Å². The Labute approximate surface area is 126 Å². The van der Waals surface area contributed by atoms with Crippen molar-refractivity contribution in [3.63, 3.8) is 0 Å². The maximum Gasteiger partial charge on any atom is 0.410 e. The molecule has 1 aliphatic heterocycles. The molecule has 0 radical (unpaired) electrons. The number of likely N-dealkylation sites (tertiary alicyclic amines) is 1. The molecule has 1 aliphatic rings. The van der Waals surface area contributed by atoms with E-state index in [1.807, 2.05) is 30.3 Å². The summed E-state index contributed by atoms with van der Waals surface area (Å²) in [6.45, 7) is 3.00. The lowest BCUT2D eigenvalue weighted by Gasteiger charge is -2.29. The average molecular weight is 292 g/mol. The van der Waals surface area contributed by atoms with Gasteiger partial charge in [0.2, 0.25) is 0 Å². The normalized spacial score (nSPS) is 16.7. The first-order chi connectivity index (χ1) is 10.2. The summed E-state index contributed by atoms with van der Waals surface area (Å²) >= 11 is 0. The largest absolute Gasteiger partial charge is 0.445 e. The van der Waals surface area contributed by atoms with Gasteiger partial charge in [-0.15, -0.1) is 0 Å². The summed E-state index contributed by atoms with van der Waals surface area (Å²) < 4.78 is 5.29. The number of carbonyl (C=O) groups is 1. The minimum absolute atomic E-state index is 0.0482. The van der Waals surface area contributed by atoms with Crippen molar-refractivity contribution in [3.8, 4) is 0 Å². The third-order valence-electron chi connectivity index (χ3n) is 3.92. The van der Waals surface area contributed by atoms with E-state index in [1.54, 1.807) is 7.05 Å². The summed E-state index contributed by atoms with van der Waals surface area (Å²) in [5.41, 5.74) is 0.958. The number of carbonyl (C=O) groups excluding carboxylic acids is 1. The second-order valence-electron chi connectivity index (χ2n) is 5.50. The summed E-state index contributed by atoms with van der Waals surface area (Å²) in [5.74, 6) is 0. The molecule has 1 aromatic carbocycles. The van der Waals surface area contributed by atoms with Gasteiger partial charge < -0.3 is 19.6 Å². The monoisotopic (exact) mass is 292 g/mol. The van der Waals surface area contributed by atoms with Crippen LogP contribution in [0.1, 0.15) is 18.4 Å². The van der Waals surface area contributed by atoms with Gasteiger partial charge in [-0.2, -0.15) is 0 Å². The SMILES string of the molecule is CN(C(=O)OCc1ccccc1)[C@H](CO)CN1CCCC1. The van der Waals surface area contributed by atoms with E-state index < -0.39 is 6.09 Å². The van der Waals surface area contributed by atoms with E-state index in [0.717, 1.165) is 18.7 Å². The van der Waals surface area contributed by atoms with Gasteiger partial charge in [-0.25, -0.2) is 4.79 Å². The topological polar surface area (TPSA) is 53.0 Å². The molecule has 116 valence electrons. The predicted molar refractivity (Wildman–Crippen MR) is 80.9 cm³/mol. The highest BCUT2D eigenvalue weighted by molar-refractivity contribution is 5.67. The van der Waals surface area contributed by atoms with Gasteiger partial charge in [0.25, 0.3) is 0 Å². The van der Waals surface area contributed by atoms with Crippen LogP contribution in [0.5, 0.6) is 0 Å². The van der Waals surface area contributed by atoms with Crippen LogP contribution in [0.4, 0.5) is 4.79 Å². The maximum atomic E-state index is 12.1. The molecule has 1 atom stereocenters. The Bertz CT molecular complexity index is 432. The number of benzene rings is 1. The molecule has 5 nitrogen and oxygen atoms in total. The van der Waals surface area contributed by atoms with Gasteiger partial charge in [0.05, 0.1) is 12.6 Å². The molecule has 1 N–H and O–H groups in total. The summed E-state index contributed by atoms with van der Waals surface area (Å²) in [7, 11) is 1.68. The molecular weight excluding hydrogens is 268 g/mol. The predicted octanol–water partition coefficient (Wildman–Crippen LogP) is 1.71. The third kappa shape index (κ3) is 4.72. The molecule has 0 aromatic heterocycles. The van der Waals surface area contributed by atoms with Crippen LogP contribution in [-0.4, -0.2) is 60.3 Å². The summed E-state index contributed by atoms with van der Waals surface area (Å²) in [6, 6.07) is 9.37. The van der Waals surface area contributed by atoms with Crippen LogP contribution < -0.4 is 0 Å². The van der Waals surface area contributed by atoms with Crippen molar-refractivity contribution in [2.24, 2.45) is 0 Å². The van der Waals surface area contributed by atoms with Crippen molar-refractivity contribution in [1.82, 2.24) is 9.80 Å². The molecule has 1 fully saturated rings. The fourth-order valence-electron chi connectivity index (χ4n) is 2.54. The summed E-state index contributed by atoms with van der Waals surface area (Å²) in [4.78, 5) is 15.8. The van der Waals surface area contributed by atoms with Gasteiger partial charge in [0.15, 0.2) is 0 Å². The number of ether oxygens (including phenoxy) is 1. The van der Waals surface area contributed by atoms with Crippen molar-refractivity contribution >= 4 is 6.09 Å². The Morgan fingerprint density at radius 1 is 1.33 bits per heavy atom. The molecule has 1 amide bonds.